The van der Waals surface area contributed by atoms with E-state index < -0.39 is 15.9 Å². The van der Waals surface area contributed by atoms with Crippen molar-refractivity contribution in [2.75, 3.05) is 6.54 Å². The van der Waals surface area contributed by atoms with Gasteiger partial charge in [-0.25, -0.2) is 18.6 Å². The average Bonchev–Trinajstić information content (AvgIpc) is 2.54. The molecule has 0 aliphatic carbocycles. The molecule has 2 aromatic carbocycles. The number of hydrogen-bond acceptors (Lipinski definition) is 4. The van der Waals surface area contributed by atoms with E-state index in [1.165, 1.54) is 18.2 Å². The monoisotopic (exact) mass is 367 g/mol. The Morgan fingerprint density at radius 1 is 1.21 bits per heavy atom. The molecule has 3 N–H and O–H groups in total. The van der Waals surface area contributed by atoms with Crippen molar-refractivity contribution in [1.29, 1.82) is 0 Å². The van der Waals surface area contributed by atoms with Gasteiger partial charge in [0.1, 0.15) is 4.90 Å². The third-order valence-electron chi connectivity index (χ3n) is 3.36. The van der Waals surface area contributed by atoms with Crippen LogP contribution in [0.25, 0.3) is 0 Å². The second kappa shape index (κ2) is 7.76. The minimum Gasteiger partial charge on any atom is -0.284 e. The molecule has 0 bridgehead atoms. The van der Waals surface area contributed by atoms with Crippen LogP contribution in [0.5, 0.6) is 0 Å². The largest absolute Gasteiger partial charge is 0.284 e. The zero-order chi connectivity index (χ0) is 17.7. The Morgan fingerprint density at radius 2 is 1.88 bits per heavy atom. The molecule has 0 saturated heterocycles. The third-order valence-corrected chi connectivity index (χ3v) is 4.75. The minimum absolute atomic E-state index is 0.0225. The zero-order valence-corrected chi connectivity index (χ0v) is 14.6. The molecule has 0 saturated carbocycles. The second-order valence-electron chi connectivity index (χ2n) is 5.13. The molecule has 0 atom stereocenters. The van der Waals surface area contributed by atoms with Crippen molar-refractivity contribution in [3.8, 4) is 0 Å². The van der Waals surface area contributed by atoms with Crippen LogP contribution in [0, 0.1) is 0 Å². The molecule has 0 radical (unpaired) electrons. The SMILES string of the molecule is CCN(Cc1ccccc1)NC(=O)c1ccc(Cl)c(S(N)(=O)=O)c1. The fraction of sp³-hybridized carbons (Fsp3) is 0.188. The number of amides is 1. The molecule has 0 spiro atoms. The highest BCUT2D eigenvalue weighted by molar-refractivity contribution is 7.89. The molecule has 0 aliphatic heterocycles. The summed E-state index contributed by atoms with van der Waals surface area (Å²) in [7, 11) is -4.00. The number of halogens is 1. The Bertz CT molecular complexity index is 826. The van der Waals surface area contributed by atoms with Crippen molar-refractivity contribution in [2.24, 2.45) is 5.14 Å². The number of nitrogens with two attached hydrogens (primary N) is 1. The zero-order valence-electron chi connectivity index (χ0n) is 13.1. The summed E-state index contributed by atoms with van der Waals surface area (Å²) in [5.74, 6) is -0.436. The number of primary sulfonamides is 1. The van der Waals surface area contributed by atoms with Crippen LogP contribution in [-0.2, 0) is 16.6 Å². The highest BCUT2D eigenvalue weighted by Crippen LogP contribution is 2.21. The summed E-state index contributed by atoms with van der Waals surface area (Å²) >= 11 is 5.82. The Balaban J connectivity index is 2.16. The Hall–Kier alpha value is -1.93. The number of nitrogens with zero attached hydrogens (tertiary/aromatic N) is 1. The van der Waals surface area contributed by atoms with Crippen LogP contribution in [0.4, 0.5) is 0 Å². The van der Waals surface area contributed by atoms with E-state index >= 15 is 0 Å². The number of hydrogen-bond donors (Lipinski definition) is 2. The lowest BCUT2D eigenvalue weighted by Crippen LogP contribution is -2.41. The number of nitrogens with one attached hydrogen (secondary N) is 1. The van der Waals surface area contributed by atoms with E-state index in [2.05, 4.69) is 5.43 Å². The first-order valence-electron chi connectivity index (χ1n) is 7.23. The van der Waals surface area contributed by atoms with Crippen molar-refractivity contribution in [3.05, 3.63) is 64.7 Å². The summed E-state index contributed by atoms with van der Waals surface area (Å²) in [6.07, 6.45) is 0. The van der Waals surface area contributed by atoms with Gasteiger partial charge in [-0.2, -0.15) is 0 Å². The van der Waals surface area contributed by atoms with Crippen LogP contribution in [0.2, 0.25) is 5.02 Å². The van der Waals surface area contributed by atoms with E-state index in [4.69, 9.17) is 16.7 Å². The minimum atomic E-state index is -4.00. The number of benzene rings is 2. The van der Waals surface area contributed by atoms with Gasteiger partial charge in [0.15, 0.2) is 0 Å². The second-order valence-corrected chi connectivity index (χ2v) is 7.07. The van der Waals surface area contributed by atoms with Crippen molar-refractivity contribution in [3.63, 3.8) is 0 Å². The van der Waals surface area contributed by atoms with Gasteiger partial charge in [-0.15, -0.1) is 0 Å². The highest BCUT2D eigenvalue weighted by Gasteiger charge is 2.17. The molecular weight excluding hydrogens is 350 g/mol. The fourth-order valence-electron chi connectivity index (χ4n) is 2.10. The first kappa shape index (κ1) is 18.4. The van der Waals surface area contributed by atoms with E-state index in [-0.39, 0.29) is 15.5 Å². The summed E-state index contributed by atoms with van der Waals surface area (Å²) in [4.78, 5) is 12.1. The molecule has 0 unspecified atom stereocenters. The average molecular weight is 368 g/mol. The smallest absolute Gasteiger partial charge is 0.265 e. The highest BCUT2D eigenvalue weighted by atomic mass is 35.5. The van der Waals surface area contributed by atoms with Crippen LogP contribution in [0.3, 0.4) is 0 Å². The standard InChI is InChI=1S/C16H18ClN3O3S/c1-2-20(11-12-6-4-3-5-7-12)19-16(21)13-8-9-14(17)15(10-13)24(18,22)23/h3-10H,2,11H2,1H3,(H,19,21)(H2,18,22,23). The van der Waals surface area contributed by atoms with Crippen LogP contribution in [0.15, 0.2) is 53.4 Å². The van der Waals surface area contributed by atoms with Gasteiger partial charge in [0.05, 0.1) is 5.02 Å². The normalized spacial score (nSPS) is 11.5. The molecule has 128 valence electrons. The predicted molar refractivity (Wildman–Crippen MR) is 92.8 cm³/mol. The summed E-state index contributed by atoms with van der Waals surface area (Å²) < 4.78 is 23.0. The molecule has 8 heteroatoms. The first-order chi connectivity index (χ1) is 11.3. The summed E-state index contributed by atoms with van der Waals surface area (Å²) in [5, 5.41) is 6.80. The van der Waals surface area contributed by atoms with Crippen molar-refractivity contribution < 1.29 is 13.2 Å². The molecule has 1 amide bonds. The Morgan fingerprint density at radius 3 is 2.46 bits per heavy atom. The van der Waals surface area contributed by atoms with E-state index in [1.807, 2.05) is 37.3 Å². The van der Waals surface area contributed by atoms with Crippen LogP contribution in [0.1, 0.15) is 22.8 Å². The van der Waals surface area contributed by atoms with Crippen molar-refractivity contribution in [2.45, 2.75) is 18.4 Å². The molecule has 2 rings (SSSR count). The number of carbonyl (C=O) groups is 1. The maximum atomic E-state index is 12.4. The van der Waals surface area contributed by atoms with Gasteiger partial charge in [0.25, 0.3) is 5.91 Å². The van der Waals surface area contributed by atoms with Crippen LogP contribution in [-0.4, -0.2) is 25.9 Å². The van der Waals surface area contributed by atoms with Gasteiger partial charge in [0, 0.05) is 18.7 Å². The number of sulfonamides is 1. The van der Waals surface area contributed by atoms with Crippen molar-refractivity contribution >= 4 is 27.5 Å². The molecule has 24 heavy (non-hydrogen) atoms. The Labute approximate surface area is 146 Å². The molecule has 0 heterocycles. The quantitative estimate of drug-likeness (QED) is 0.765. The molecule has 0 aliphatic rings. The lowest BCUT2D eigenvalue weighted by atomic mass is 10.2. The third kappa shape index (κ3) is 4.78. The fourth-order valence-corrected chi connectivity index (χ4v) is 3.18. The van der Waals surface area contributed by atoms with E-state index in [9.17, 15) is 13.2 Å². The van der Waals surface area contributed by atoms with E-state index in [0.29, 0.717) is 13.1 Å². The molecule has 2 aromatic rings. The molecule has 0 aromatic heterocycles. The topological polar surface area (TPSA) is 92.5 Å². The van der Waals surface area contributed by atoms with E-state index in [0.717, 1.165) is 5.56 Å². The number of rotatable bonds is 6. The number of hydrazine groups is 1. The van der Waals surface area contributed by atoms with Crippen LogP contribution < -0.4 is 10.6 Å². The Kier molecular flexibility index (Phi) is 5.95. The first-order valence-corrected chi connectivity index (χ1v) is 9.16. The molecular formula is C16H18ClN3O3S. The van der Waals surface area contributed by atoms with Gasteiger partial charge in [-0.1, -0.05) is 48.9 Å². The lowest BCUT2D eigenvalue weighted by Gasteiger charge is -2.21. The summed E-state index contributed by atoms with van der Waals surface area (Å²) in [6.45, 7) is 3.01. The van der Waals surface area contributed by atoms with E-state index in [1.54, 1.807) is 5.01 Å². The summed E-state index contributed by atoms with van der Waals surface area (Å²) in [6, 6.07) is 13.6. The maximum absolute atomic E-state index is 12.4. The predicted octanol–water partition coefficient (Wildman–Crippen LogP) is 2.15. The van der Waals surface area contributed by atoms with Gasteiger partial charge in [-0.3, -0.25) is 10.2 Å². The van der Waals surface area contributed by atoms with Crippen molar-refractivity contribution in [1.82, 2.24) is 10.4 Å². The molecule has 6 nitrogen and oxygen atoms in total. The van der Waals surface area contributed by atoms with Gasteiger partial charge in [0.2, 0.25) is 10.0 Å². The maximum Gasteiger partial charge on any atom is 0.265 e. The molecule has 0 fully saturated rings. The lowest BCUT2D eigenvalue weighted by molar-refractivity contribution is 0.0784. The van der Waals surface area contributed by atoms with Gasteiger partial charge >= 0.3 is 0 Å². The number of carbonyl (C=O) groups excluding carboxylic acids is 1. The van der Waals surface area contributed by atoms with Gasteiger partial charge < -0.3 is 0 Å². The van der Waals surface area contributed by atoms with Gasteiger partial charge in [-0.05, 0) is 23.8 Å². The van der Waals surface area contributed by atoms with Crippen LogP contribution >= 0.6 is 11.6 Å². The summed E-state index contributed by atoms with van der Waals surface area (Å²) in [5.41, 5.74) is 3.95.